The second-order valence-corrected chi connectivity index (χ2v) is 7.04. The third kappa shape index (κ3) is 6.86. The van der Waals surface area contributed by atoms with Gasteiger partial charge in [-0.15, -0.1) is 24.0 Å². The van der Waals surface area contributed by atoms with Crippen molar-refractivity contribution in [3.63, 3.8) is 0 Å². The van der Waals surface area contributed by atoms with Crippen LogP contribution in [0.2, 0.25) is 0 Å². The highest BCUT2D eigenvalue weighted by atomic mass is 127. The maximum atomic E-state index is 5.46. The van der Waals surface area contributed by atoms with E-state index in [9.17, 15) is 0 Å². The number of aromatic nitrogens is 3. The lowest BCUT2D eigenvalue weighted by Crippen LogP contribution is -2.36. The molecule has 0 radical (unpaired) electrons. The zero-order valence-electron chi connectivity index (χ0n) is 17.8. The second-order valence-electron chi connectivity index (χ2n) is 7.04. The highest BCUT2D eigenvalue weighted by Gasteiger charge is 2.13. The average molecular weight is 522 g/mol. The molecule has 7 nitrogen and oxygen atoms in total. The van der Waals surface area contributed by atoms with Gasteiger partial charge >= 0.3 is 0 Å². The van der Waals surface area contributed by atoms with Gasteiger partial charge in [-0.25, -0.2) is 0 Å². The Kier molecular flexibility index (Phi) is 9.85. The van der Waals surface area contributed by atoms with Gasteiger partial charge in [0.05, 0.1) is 25.0 Å². The monoisotopic (exact) mass is 522 g/mol. The third-order valence-electron chi connectivity index (χ3n) is 4.97. The van der Waals surface area contributed by atoms with E-state index in [1.54, 1.807) is 7.05 Å². The van der Waals surface area contributed by atoms with E-state index in [-0.39, 0.29) is 24.0 Å². The van der Waals surface area contributed by atoms with Crippen molar-refractivity contribution in [1.82, 2.24) is 25.6 Å². The SMILES string of the molecule is CCC(CC)c1cc(CNC(=NC)NCc2cnn(Cc3ccccc3)c2)on1.I. The van der Waals surface area contributed by atoms with Crippen molar-refractivity contribution < 1.29 is 4.52 Å². The Balaban J connectivity index is 0.00000320. The Morgan fingerprint density at radius 3 is 2.53 bits per heavy atom. The summed E-state index contributed by atoms with van der Waals surface area (Å²) in [6.07, 6.45) is 6.06. The number of guanidine groups is 1. The predicted octanol–water partition coefficient (Wildman–Crippen LogP) is 4.31. The van der Waals surface area contributed by atoms with Crippen LogP contribution in [0.5, 0.6) is 0 Å². The van der Waals surface area contributed by atoms with Crippen LogP contribution in [0.25, 0.3) is 0 Å². The molecule has 0 fully saturated rings. The summed E-state index contributed by atoms with van der Waals surface area (Å²) in [6.45, 7) is 6.30. The van der Waals surface area contributed by atoms with E-state index in [1.165, 1.54) is 5.56 Å². The van der Waals surface area contributed by atoms with Crippen molar-refractivity contribution in [2.24, 2.45) is 4.99 Å². The lowest BCUT2D eigenvalue weighted by molar-refractivity contribution is 0.368. The molecule has 0 atom stereocenters. The topological polar surface area (TPSA) is 80.3 Å². The van der Waals surface area contributed by atoms with Gasteiger partial charge in [0.25, 0.3) is 0 Å². The van der Waals surface area contributed by atoms with Crippen LogP contribution in [0, 0.1) is 0 Å². The minimum absolute atomic E-state index is 0. The molecule has 0 saturated heterocycles. The van der Waals surface area contributed by atoms with Crippen LogP contribution in [0.15, 0.2) is 58.3 Å². The molecule has 162 valence electrons. The Labute approximate surface area is 195 Å². The molecule has 0 bridgehead atoms. The molecule has 1 aromatic carbocycles. The molecule has 0 amide bonds. The largest absolute Gasteiger partial charge is 0.359 e. The van der Waals surface area contributed by atoms with Crippen molar-refractivity contribution in [3.8, 4) is 0 Å². The van der Waals surface area contributed by atoms with Gasteiger partial charge in [-0.2, -0.15) is 5.10 Å². The minimum atomic E-state index is 0. The van der Waals surface area contributed by atoms with Crippen LogP contribution >= 0.6 is 24.0 Å². The first-order chi connectivity index (χ1) is 14.2. The fraction of sp³-hybridized carbons (Fsp3) is 0.409. The fourth-order valence-electron chi connectivity index (χ4n) is 3.24. The van der Waals surface area contributed by atoms with Gasteiger partial charge in [0, 0.05) is 37.3 Å². The standard InChI is InChI=1S/C22H30N6O.HI/c1-4-19(5-2)21-11-20(29-27-21)14-25-22(23-3)24-12-18-13-26-28(16-18)15-17-9-7-6-8-10-17;/h6-11,13,16,19H,4-5,12,14-15H2,1-3H3,(H2,23,24,25);1H. The number of aliphatic imine (C=N–C) groups is 1. The van der Waals surface area contributed by atoms with Crippen LogP contribution in [-0.2, 0) is 19.6 Å². The molecule has 2 heterocycles. The van der Waals surface area contributed by atoms with E-state index in [0.29, 0.717) is 25.0 Å². The normalized spacial score (nSPS) is 11.4. The third-order valence-corrected chi connectivity index (χ3v) is 4.97. The fourth-order valence-corrected chi connectivity index (χ4v) is 3.24. The summed E-state index contributed by atoms with van der Waals surface area (Å²) in [5, 5.41) is 15.2. The van der Waals surface area contributed by atoms with Crippen molar-refractivity contribution in [3.05, 3.63) is 71.4 Å². The van der Waals surface area contributed by atoms with E-state index in [0.717, 1.165) is 36.4 Å². The second kappa shape index (κ2) is 12.4. The summed E-state index contributed by atoms with van der Waals surface area (Å²) in [5.41, 5.74) is 3.35. The smallest absolute Gasteiger partial charge is 0.191 e. The summed E-state index contributed by atoms with van der Waals surface area (Å²) in [7, 11) is 1.75. The molecule has 0 saturated carbocycles. The first-order valence-corrected chi connectivity index (χ1v) is 10.2. The lowest BCUT2D eigenvalue weighted by Gasteiger charge is -2.09. The Morgan fingerprint density at radius 1 is 1.10 bits per heavy atom. The van der Waals surface area contributed by atoms with Gasteiger partial charge in [0.15, 0.2) is 11.7 Å². The molecule has 2 aromatic heterocycles. The van der Waals surface area contributed by atoms with Crippen molar-refractivity contribution in [1.29, 1.82) is 0 Å². The van der Waals surface area contributed by atoms with E-state index in [4.69, 9.17) is 4.52 Å². The molecule has 2 N–H and O–H groups in total. The first-order valence-electron chi connectivity index (χ1n) is 10.2. The molecular formula is C22H31IN6O. The highest BCUT2D eigenvalue weighted by molar-refractivity contribution is 14.0. The van der Waals surface area contributed by atoms with Crippen LogP contribution in [0.1, 0.15) is 55.2 Å². The van der Waals surface area contributed by atoms with Crippen molar-refractivity contribution in [2.75, 3.05) is 7.05 Å². The van der Waals surface area contributed by atoms with Gasteiger partial charge < -0.3 is 15.2 Å². The number of halogens is 1. The molecule has 8 heteroatoms. The van der Waals surface area contributed by atoms with Gasteiger partial charge in [0.2, 0.25) is 0 Å². The molecule has 0 spiro atoms. The number of benzene rings is 1. The number of hydrogen-bond acceptors (Lipinski definition) is 4. The Hall–Kier alpha value is -2.36. The van der Waals surface area contributed by atoms with Gasteiger partial charge in [-0.3, -0.25) is 9.67 Å². The van der Waals surface area contributed by atoms with E-state index in [1.807, 2.05) is 41.3 Å². The zero-order valence-corrected chi connectivity index (χ0v) is 20.2. The van der Waals surface area contributed by atoms with Gasteiger partial charge in [0.1, 0.15) is 0 Å². The van der Waals surface area contributed by atoms with Crippen molar-refractivity contribution in [2.45, 2.75) is 52.2 Å². The van der Waals surface area contributed by atoms with Gasteiger partial charge in [-0.05, 0) is 18.4 Å². The van der Waals surface area contributed by atoms with E-state index >= 15 is 0 Å². The molecule has 0 aliphatic rings. The van der Waals surface area contributed by atoms with E-state index in [2.05, 4.69) is 51.9 Å². The molecule has 30 heavy (non-hydrogen) atoms. The molecule has 3 aromatic rings. The summed E-state index contributed by atoms with van der Waals surface area (Å²) < 4.78 is 7.40. The Morgan fingerprint density at radius 2 is 1.83 bits per heavy atom. The number of nitrogens with zero attached hydrogens (tertiary/aromatic N) is 4. The van der Waals surface area contributed by atoms with Crippen LogP contribution in [0.4, 0.5) is 0 Å². The number of nitrogens with one attached hydrogen (secondary N) is 2. The van der Waals surface area contributed by atoms with Crippen LogP contribution in [0.3, 0.4) is 0 Å². The molecular weight excluding hydrogens is 491 g/mol. The number of rotatable bonds is 9. The maximum absolute atomic E-state index is 5.46. The zero-order chi connectivity index (χ0) is 20.5. The first kappa shape index (κ1) is 23.9. The minimum Gasteiger partial charge on any atom is -0.359 e. The van der Waals surface area contributed by atoms with Gasteiger partial charge in [-0.1, -0.05) is 49.3 Å². The van der Waals surface area contributed by atoms with Crippen LogP contribution in [-0.4, -0.2) is 27.9 Å². The average Bonchev–Trinajstić information content (AvgIpc) is 3.40. The molecule has 0 unspecified atom stereocenters. The maximum Gasteiger partial charge on any atom is 0.191 e. The van der Waals surface area contributed by atoms with Crippen molar-refractivity contribution >= 4 is 29.9 Å². The highest BCUT2D eigenvalue weighted by Crippen LogP contribution is 2.22. The summed E-state index contributed by atoms with van der Waals surface area (Å²) in [4.78, 5) is 4.27. The number of hydrogen-bond donors (Lipinski definition) is 2. The quantitative estimate of drug-likeness (QED) is 0.249. The molecule has 0 aliphatic heterocycles. The molecule has 0 aliphatic carbocycles. The summed E-state index contributed by atoms with van der Waals surface area (Å²) in [5.74, 6) is 1.98. The van der Waals surface area contributed by atoms with E-state index < -0.39 is 0 Å². The van der Waals surface area contributed by atoms with Crippen LogP contribution < -0.4 is 10.6 Å². The summed E-state index contributed by atoms with van der Waals surface area (Å²) >= 11 is 0. The Bertz CT molecular complexity index is 901. The predicted molar refractivity (Wildman–Crippen MR) is 130 cm³/mol. The lowest BCUT2D eigenvalue weighted by atomic mass is 9.99. The summed E-state index contributed by atoms with van der Waals surface area (Å²) in [6, 6.07) is 12.3. The molecule has 3 rings (SSSR count).